The van der Waals surface area contributed by atoms with E-state index in [-0.39, 0.29) is 18.2 Å². The van der Waals surface area contributed by atoms with Crippen LogP contribution in [-0.2, 0) is 0 Å². The third kappa shape index (κ3) is 4.28. The summed E-state index contributed by atoms with van der Waals surface area (Å²) in [5.74, 6) is 5.28. The van der Waals surface area contributed by atoms with Gasteiger partial charge in [0.25, 0.3) is 5.91 Å². The van der Waals surface area contributed by atoms with Crippen molar-refractivity contribution in [3.05, 3.63) is 53.1 Å². The van der Waals surface area contributed by atoms with Crippen molar-refractivity contribution >= 4 is 23.2 Å². The van der Waals surface area contributed by atoms with Gasteiger partial charge in [-0.15, -0.1) is 0 Å². The maximum Gasteiger partial charge on any atom is 0.275 e. The van der Waals surface area contributed by atoms with E-state index in [0.717, 1.165) is 0 Å². The Bertz CT molecular complexity index is 693. The maximum absolute atomic E-state index is 12.0. The van der Waals surface area contributed by atoms with E-state index in [1.54, 1.807) is 18.2 Å². The van der Waals surface area contributed by atoms with Gasteiger partial charge in [0.05, 0.1) is 18.5 Å². The summed E-state index contributed by atoms with van der Waals surface area (Å²) in [5.41, 5.74) is 1.32. The van der Waals surface area contributed by atoms with Crippen LogP contribution in [0.1, 0.15) is 22.5 Å². The van der Waals surface area contributed by atoms with Crippen molar-refractivity contribution < 1.29 is 9.90 Å². The summed E-state index contributed by atoms with van der Waals surface area (Å²) >= 11 is 5.93. The first kappa shape index (κ1) is 15.0. The van der Waals surface area contributed by atoms with Crippen LogP contribution < -0.4 is 5.32 Å². The van der Waals surface area contributed by atoms with E-state index < -0.39 is 0 Å². The van der Waals surface area contributed by atoms with E-state index in [9.17, 15) is 4.79 Å². The SMILES string of the molecule is O=C(Nc1ccc(Cl)cc1C#CCCO)c1cnccn1. The first-order valence-electron chi connectivity index (χ1n) is 6.17. The van der Waals surface area contributed by atoms with Crippen molar-refractivity contribution in [2.75, 3.05) is 11.9 Å². The summed E-state index contributed by atoms with van der Waals surface area (Å²) in [7, 11) is 0. The molecule has 1 aromatic carbocycles. The zero-order valence-electron chi connectivity index (χ0n) is 11.0. The normalized spacial score (nSPS) is 9.62. The van der Waals surface area contributed by atoms with Crippen molar-refractivity contribution in [2.24, 2.45) is 0 Å². The van der Waals surface area contributed by atoms with Gasteiger partial charge in [-0.05, 0) is 18.2 Å². The minimum atomic E-state index is -0.379. The second-order valence-electron chi connectivity index (χ2n) is 4.01. The van der Waals surface area contributed by atoms with Crippen molar-refractivity contribution in [1.82, 2.24) is 9.97 Å². The van der Waals surface area contributed by atoms with E-state index in [2.05, 4.69) is 27.1 Å². The summed E-state index contributed by atoms with van der Waals surface area (Å²) in [5, 5.41) is 12.0. The average Bonchev–Trinajstić information content (AvgIpc) is 2.51. The van der Waals surface area contributed by atoms with Gasteiger partial charge in [0.2, 0.25) is 0 Å². The summed E-state index contributed by atoms with van der Waals surface area (Å²) in [6, 6.07) is 4.98. The molecular weight excluding hydrogens is 290 g/mol. The van der Waals surface area contributed by atoms with Gasteiger partial charge in [0.15, 0.2) is 0 Å². The zero-order chi connectivity index (χ0) is 15.1. The Morgan fingerprint density at radius 2 is 2.24 bits per heavy atom. The number of hydrogen-bond acceptors (Lipinski definition) is 4. The molecule has 21 heavy (non-hydrogen) atoms. The van der Waals surface area contributed by atoms with Gasteiger partial charge in [-0.1, -0.05) is 23.4 Å². The molecule has 2 aromatic rings. The Morgan fingerprint density at radius 3 is 2.95 bits per heavy atom. The summed E-state index contributed by atoms with van der Waals surface area (Å²) in [6.45, 7) is -0.0190. The largest absolute Gasteiger partial charge is 0.395 e. The van der Waals surface area contributed by atoms with Crippen LogP contribution in [0.15, 0.2) is 36.8 Å². The Labute approximate surface area is 127 Å². The van der Waals surface area contributed by atoms with Crippen LogP contribution >= 0.6 is 11.6 Å². The number of carbonyl (C=O) groups excluding carboxylic acids is 1. The lowest BCUT2D eigenvalue weighted by Gasteiger charge is -2.07. The number of aromatic nitrogens is 2. The Morgan fingerprint density at radius 1 is 1.38 bits per heavy atom. The Balaban J connectivity index is 2.24. The molecule has 1 aromatic heterocycles. The molecule has 0 saturated carbocycles. The van der Waals surface area contributed by atoms with Gasteiger partial charge in [-0.3, -0.25) is 9.78 Å². The third-order valence-electron chi connectivity index (χ3n) is 2.49. The standard InChI is InChI=1S/C15H12ClN3O2/c16-12-4-5-13(11(9-12)3-1-2-8-20)19-15(21)14-10-17-6-7-18-14/h4-7,9-10,20H,2,8H2,(H,19,21). The second kappa shape index (κ2) is 7.39. The third-order valence-corrected chi connectivity index (χ3v) is 2.72. The van der Waals surface area contributed by atoms with Gasteiger partial charge in [0, 0.05) is 29.4 Å². The van der Waals surface area contributed by atoms with Gasteiger partial charge in [-0.25, -0.2) is 4.98 Å². The number of benzene rings is 1. The van der Waals surface area contributed by atoms with Crippen molar-refractivity contribution in [2.45, 2.75) is 6.42 Å². The highest BCUT2D eigenvalue weighted by molar-refractivity contribution is 6.30. The fourth-order valence-corrected chi connectivity index (χ4v) is 1.72. The van der Waals surface area contributed by atoms with Gasteiger partial charge in [-0.2, -0.15) is 0 Å². The van der Waals surface area contributed by atoms with Crippen molar-refractivity contribution in [3.8, 4) is 11.8 Å². The number of nitrogens with one attached hydrogen (secondary N) is 1. The molecule has 0 saturated heterocycles. The molecule has 6 heteroatoms. The number of rotatable bonds is 3. The van der Waals surface area contributed by atoms with E-state index in [1.165, 1.54) is 18.6 Å². The molecule has 2 N–H and O–H groups in total. The fraction of sp³-hybridized carbons (Fsp3) is 0.133. The van der Waals surface area contributed by atoms with E-state index in [1.807, 2.05) is 0 Å². The molecule has 5 nitrogen and oxygen atoms in total. The van der Waals surface area contributed by atoms with Crippen LogP contribution in [0.5, 0.6) is 0 Å². The fourth-order valence-electron chi connectivity index (χ4n) is 1.55. The van der Waals surface area contributed by atoms with Gasteiger partial charge < -0.3 is 10.4 Å². The van der Waals surface area contributed by atoms with Crippen LogP contribution in [0.2, 0.25) is 5.02 Å². The van der Waals surface area contributed by atoms with Crippen molar-refractivity contribution in [3.63, 3.8) is 0 Å². The monoisotopic (exact) mass is 301 g/mol. The summed E-state index contributed by atoms with van der Waals surface area (Å²) < 4.78 is 0. The highest BCUT2D eigenvalue weighted by Gasteiger charge is 2.10. The Kier molecular flexibility index (Phi) is 5.27. The number of aliphatic hydroxyl groups is 1. The molecule has 0 radical (unpaired) electrons. The molecule has 0 aliphatic heterocycles. The van der Waals surface area contributed by atoms with Gasteiger partial charge in [0.1, 0.15) is 5.69 Å². The topological polar surface area (TPSA) is 75.1 Å². The summed E-state index contributed by atoms with van der Waals surface area (Å²) in [4.78, 5) is 19.8. The zero-order valence-corrected chi connectivity index (χ0v) is 11.8. The number of aliphatic hydroxyl groups excluding tert-OH is 1. The van der Waals surface area contributed by atoms with Crippen LogP contribution in [0.4, 0.5) is 5.69 Å². The molecule has 1 heterocycles. The molecule has 0 fully saturated rings. The molecule has 2 rings (SSSR count). The molecule has 0 atom stereocenters. The number of carbonyl (C=O) groups is 1. The molecular formula is C15H12ClN3O2. The van der Waals surface area contributed by atoms with Crippen LogP contribution in [0.25, 0.3) is 0 Å². The molecule has 0 spiro atoms. The highest BCUT2D eigenvalue weighted by atomic mass is 35.5. The minimum Gasteiger partial charge on any atom is -0.395 e. The number of nitrogens with zero attached hydrogens (tertiary/aromatic N) is 2. The van der Waals surface area contributed by atoms with Crippen LogP contribution in [0, 0.1) is 11.8 Å². The first-order valence-corrected chi connectivity index (χ1v) is 6.55. The van der Waals surface area contributed by atoms with Crippen LogP contribution in [-0.4, -0.2) is 27.6 Å². The number of hydrogen-bond donors (Lipinski definition) is 2. The second-order valence-corrected chi connectivity index (χ2v) is 4.45. The van der Waals surface area contributed by atoms with Gasteiger partial charge >= 0.3 is 0 Å². The lowest BCUT2D eigenvalue weighted by atomic mass is 10.1. The predicted molar refractivity (Wildman–Crippen MR) is 80.0 cm³/mol. The predicted octanol–water partition coefficient (Wildman–Crippen LogP) is 2.12. The molecule has 106 valence electrons. The lowest BCUT2D eigenvalue weighted by Crippen LogP contribution is -2.14. The first-order chi connectivity index (χ1) is 10.2. The smallest absolute Gasteiger partial charge is 0.275 e. The molecule has 0 aliphatic rings. The van der Waals surface area contributed by atoms with E-state index in [0.29, 0.717) is 22.7 Å². The molecule has 0 aliphatic carbocycles. The van der Waals surface area contributed by atoms with E-state index >= 15 is 0 Å². The molecule has 0 unspecified atom stereocenters. The molecule has 0 bridgehead atoms. The highest BCUT2D eigenvalue weighted by Crippen LogP contribution is 2.20. The lowest BCUT2D eigenvalue weighted by molar-refractivity contribution is 0.102. The number of halogens is 1. The maximum atomic E-state index is 12.0. The van der Waals surface area contributed by atoms with Crippen molar-refractivity contribution in [1.29, 1.82) is 0 Å². The quantitative estimate of drug-likeness (QED) is 0.852. The van der Waals surface area contributed by atoms with E-state index in [4.69, 9.17) is 16.7 Å². The minimum absolute atomic E-state index is 0.0190. The summed E-state index contributed by atoms with van der Waals surface area (Å²) in [6.07, 6.45) is 4.66. The van der Waals surface area contributed by atoms with Crippen LogP contribution in [0.3, 0.4) is 0 Å². The average molecular weight is 302 g/mol. The Hall–Kier alpha value is -2.42. The number of anilines is 1. The molecule has 1 amide bonds. The number of amides is 1.